The van der Waals surface area contributed by atoms with Crippen molar-refractivity contribution in [2.75, 3.05) is 0 Å². The summed E-state index contributed by atoms with van der Waals surface area (Å²) in [5, 5.41) is 0. The molecule has 0 saturated heterocycles. The number of carbonyl (C=O) groups is 1. The third-order valence-electron chi connectivity index (χ3n) is 1.49. The van der Waals surface area contributed by atoms with Gasteiger partial charge in [-0.3, -0.25) is 4.79 Å². The highest BCUT2D eigenvalue weighted by molar-refractivity contribution is 5.99. The second-order valence-electron chi connectivity index (χ2n) is 2.49. The predicted octanol–water partition coefficient (Wildman–Crippen LogP) is 2.37. The van der Waals surface area contributed by atoms with Crippen LogP contribution in [-0.4, -0.2) is 12.0 Å². The maximum atomic E-state index is 12.4. The molecular weight excluding hydrogens is 162 g/mol. The lowest BCUT2D eigenvalue weighted by Crippen LogP contribution is -2.11. The molecule has 0 fully saturated rings. The highest BCUT2D eigenvalue weighted by Gasteiger charge is 2.12. The van der Waals surface area contributed by atoms with Gasteiger partial charge in [0.15, 0.2) is 12.0 Å². The molecule has 0 spiro atoms. The smallest absolute Gasteiger partial charge is 0.196 e. The van der Waals surface area contributed by atoms with E-state index < -0.39 is 17.8 Å². The van der Waals surface area contributed by atoms with E-state index in [1.165, 1.54) is 12.1 Å². The molecule has 0 saturated carbocycles. The van der Waals surface area contributed by atoms with Crippen molar-refractivity contribution in [1.82, 2.24) is 0 Å². The van der Waals surface area contributed by atoms with E-state index in [0.717, 1.165) is 19.1 Å². The Morgan fingerprint density at radius 2 is 1.83 bits per heavy atom. The molecule has 0 N–H and O–H groups in total. The third kappa shape index (κ3) is 1.87. The topological polar surface area (TPSA) is 17.1 Å². The summed E-state index contributed by atoms with van der Waals surface area (Å²) < 4.78 is 24.8. The Morgan fingerprint density at radius 1 is 1.33 bits per heavy atom. The van der Waals surface area contributed by atoms with Crippen molar-refractivity contribution in [3.05, 3.63) is 35.6 Å². The van der Waals surface area contributed by atoms with Crippen LogP contribution in [0.3, 0.4) is 0 Å². The highest BCUT2D eigenvalue weighted by Crippen LogP contribution is 2.07. The van der Waals surface area contributed by atoms with Gasteiger partial charge in [-0.15, -0.1) is 0 Å². The Bertz CT molecular complexity index is 277. The minimum atomic E-state index is -1.53. The second kappa shape index (κ2) is 3.43. The van der Waals surface area contributed by atoms with Gasteiger partial charge in [0.2, 0.25) is 0 Å². The van der Waals surface area contributed by atoms with Crippen LogP contribution in [0.25, 0.3) is 0 Å². The monoisotopic (exact) mass is 170 g/mol. The molecule has 0 bridgehead atoms. The average Bonchev–Trinajstić information content (AvgIpc) is 2.04. The first-order valence-electron chi connectivity index (χ1n) is 3.55. The maximum Gasteiger partial charge on any atom is 0.196 e. The van der Waals surface area contributed by atoms with Gasteiger partial charge in [0.1, 0.15) is 5.82 Å². The van der Waals surface area contributed by atoms with E-state index in [2.05, 4.69) is 0 Å². The number of hydrogen-bond acceptors (Lipinski definition) is 1. The number of rotatable bonds is 2. The van der Waals surface area contributed by atoms with Crippen molar-refractivity contribution in [2.45, 2.75) is 13.1 Å². The van der Waals surface area contributed by atoms with Crippen molar-refractivity contribution in [2.24, 2.45) is 0 Å². The first-order chi connectivity index (χ1) is 5.61. The summed E-state index contributed by atoms with van der Waals surface area (Å²) >= 11 is 0. The Kier molecular flexibility index (Phi) is 2.53. The van der Waals surface area contributed by atoms with E-state index in [1.54, 1.807) is 0 Å². The van der Waals surface area contributed by atoms with E-state index in [9.17, 15) is 13.6 Å². The van der Waals surface area contributed by atoms with Gasteiger partial charge in [-0.05, 0) is 31.2 Å². The molecule has 3 heteroatoms. The van der Waals surface area contributed by atoms with Crippen molar-refractivity contribution < 1.29 is 13.6 Å². The van der Waals surface area contributed by atoms with E-state index in [0.29, 0.717) is 0 Å². The largest absolute Gasteiger partial charge is 0.291 e. The lowest BCUT2D eigenvalue weighted by molar-refractivity contribution is 0.0893. The minimum absolute atomic E-state index is 0.200. The maximum absolute atomic E-state index is 12.4. The fourth-order valence-electron chi connectivity index (χ4n) is 0.844. The van der Waals surface area contributed by atoms with Crippen molar-refractivity contribution in [3.8, 4) is 0 Å². The van der Waals surface area contributed by atoms with Gasteiger partial charge in [-0.25, -0.2) is 8.78 Å². The molecule has 64 valence electrons. The lowest BCUT2D eigenvalue weighted by Gasteiger charge is -1.99. The SMILES string of the molecule is CC(F)C(=O)c1ccc(F)cc1. The first-order valence-corrected chi connectivity index (χ1v) is 3.55. The molecule has 1 aromatic rings. The van der Waals surface area contributed by atoms with Crippen LogP contribution in [0.5, 0.6) is 0 Å². The number of hydrogen-bond donors (Lipinski definition) is 0. The summed E-state index contributed by atoms with van der Waals surface area (Å²) in [6, 6.07) is 4.81. The molecule has 0 aliphatic carbocycles. The van der Waals surface area contributed by atoms with E-state index in [4.69, 9.17) is 0 Å². The first kappa shape index (κ1) is 8.84. The number of carbonyl (C=O) groups excluding carboxylic acids is 1. The molecule has 0 amide bonds. The molecule has 0 aromatic heterocycles. The molecule has 0 aliphatic rings. The number of ketones is 1. The Hall–Kier alpha value is -1.25. The standard InChI is InChI=1S/C9H8F2O/c1-6(10)9(12)7-2-4-8(11)5-3-7/h2-6H,1H3. The van der Waals surface area contributed by atoms with E-state index in [1.807, 2.05) is 0 Å². The highest BCUT2D eigenvalue weighted by atomic mass is 19.1. The molecule has 1 atom stereocenters. The number of halogens is 2. The molecule has 0 aliphatic heterocycles. The van der Waals surface area contributed by atoms with Crippen LogP contribution in [0.2, 0.25) is 0 Å². The van der Waals surface area contributed by atoms with Crippen LogP contribution in [0.15, 0.2) is 24.3 Å². The van der Waals surface area contributed by atoms with Crippen LogP contribution < -0.4 is 0 Å². The zero-order chi connectivity index (χ0) is 9.14. The molecule has 0 heterocycles. The molecule has 1 unspecified atom stereocenters. The fraction of sp³-hybridized carbons (Fsp3) is 0.222. The van der Waals surface area contributed by atoms with Crippen molar-refractivity contribution >= 4 is 5.78 Å². The van der Waals surface area contributed by atoms with Crippen LogP contribution in [0.4, 0.5) is 8.78 Å². The van der Waals surface area contributed by atoms with Gasteiger partial charge >= 0.3 is 0 Å². The summed E-state index contributed by atoms with van der Waals surface area (Å²) in [4.78, 5) is 11.0. The summed E-state index contributed by atoms with van der Waals surface area (Å²) in [6.07, 6.45) is -1.53. The average molecular weight is 170 g/mol. The van der Waals surface area contributed by atoms with Crippen LogP contribution >= 0.6 is 0 Å². The van der Waals surface area contributed by atoms with Gasteiger partial charge in [0, 0.05) is 5.56 Å². The fourth-order valence-corrected chi connectivity index (χ4v) is 0.844. The molecule has 0 radical (unpaired) electrons. The molecule has 1 nitrogen and oxygen atoms in total. The normalized spacial score (nSPS) is 12.6. The predicted molar refractivity (Wildman–Crippen MR) is 41.3 cm³/mol. The molecule has 12 heavy (non-hydrogen) atoms. The van der Waals surface area contributed by atoms with Crippen LogP contribution in [0.1, 0.15) is 17.3 Å². The summed E-state index contributed by atoms with van der Waals surface area (Å²) in [5.41, 5.74) is 0.200. The third-order valence-corrected chi connectivity index (χ3v) is 1.49. The molecular formula is C9H8F2O. The summed E-state index contributed by atoms with van der Waals surface area (Å²) in [7, 11) is 0. The van der Waals surface area contributed by atoms with Crippen molar-refractivity contribution in [1.29, 1.82) is 0 Å². The second-order valence-corrected chi connectivity index (χ2v) is 2.49. The Labute approximate surface area is 69.0 Å². The number of Topliss-reactive ketones (excluding diaryl/α,β-unsaturated/α-hetero) is 1. The van der Waals surface area contributed by atoms with E-state index in [-0.39, 0.29) is 5.56 Å². The van der Waals surface area contributed by atoms with Gasteiger partial charge in [-0.2, -0.15) is 0 Å². The Morgan fingerprint density at radius 3 is 2.25 bits per heavy atom. The molecule has 1 aromatic carbocycles. The summed E-state index contributed by atoms with van der Waals surface area (Å²) in [5.74, 6) is -1.05. The molecule has 1 rings (SSSR count). The van der Waals surface area contributed by atoms with Gasteiger partial charge in [0.25, 0.3) is 0 Å². The minimum Gasteiger partial charge on any atom is -0.291 e. The lowest BCUT2D eigenvalue weighted by atomic mass is 10.1. The quantitative estimate of drug-likeness (QED) is 0.623. The van der Waals surface area contributed by atoms with E-state index >= 15 is 0 Å². The Balaban J connectivity index is 2.90. The van der Waals surface area contributed by atoms with Crippen LogP contribution in [-0.2, 0) is 0 Å². The van der Waals surface area contributed by atoms with Crippen LogP contribution in [0, 0.1) is 5.82 Å². The zero-order valence-corrected chi connectivity index (χ0v) is 6.55. The summed E-state index contributed by atoms with van der Waals surface area (Å²) in [6.45, 7) is 1.16. The van der Waals surface area contributed by atoms with Gasteiger partial charge in [-0.1, -0.05) is 0 Å². The number of benzene rings is 1. The zero-order valence-electron chi connectivity index (χ0n) is 6.55. The van der Waals surface area contributed by atoms with Crippen molar-refractivity contribution in [3.63, 3.8) is 0 Å². The number of alkyl halides is 1. The van der Waals surface area contributed by atoms with Gasteiger partial charge in [0.05, 0.1) is 0 Å². The van der Waals surface area contributed by atoms with Gasteiger partial charge < -0.3 is 0 Å².